The monoisotopic (exact) mass is 315 g/mol. The molecule has 1 unspecified atom stereocenters. The molecule has 0 radical (unpaired) electrons. The van der Waals surface area contributed by atoms with Crippen LogP contribution in [0.15, 0.2) is 23.1 Å². The minimum atomic E-state index is -3.42. The number of aryl methyl sites for hydroxylation is 1. The van der Waals surface area contributed by atoms with Gasteiger partial charge in [0.15, 0.2) is 0 Å². The molecule has 1 saturated heterocycles. The molecule has 3 nitrogen and oxygen atoms in total. The summed E-state index contributed by atoms with van der Waals surface area (Å²) in [6, 6.07) is 5.51. The highest BCUT2D eigenvalue weighted by Crippen LogP contribution is 2.27. The van der Waals surface area contributed by atoms with E-state index in [9.17, 15) is 8.42 Å². The van der Waals surface area contributed by atoms with E-state index < -0.39 is 10.0 Å². The summed E-state index contributed by atoms with van der Waals surface area (Å²) < 4.78 is 27.5. The lowest BCUT2D eigenvalue weighted by Gasteiger charge is -2.27. The number of hydrogen-bond acceptors (Lipinski definition) is 2. The third kappa shape index (κ3) is 3.18. The largest absolute Gasteiger partial charge is 0.243 e. The first-order valence-corrected chi connectivity index (χ1v) is 9.11. The molecule has 0 aliphatic carbocycles. The predicted octanol–water partition coefficient (Wildman–Crippen LogP) is 3.69. The fraction of sp³-hybridized carbons (Fsp3) is 0.600. The Labute approximate surface area is 127 Å². The van der Waals surface area contributed by atoms with Crippen molar-refractivity contribution in [1.82, 2.24) is 4.31 Å². The van der Waals surface area contributed by atoms with Gasteiger partial charge in [-0.25, -0.2) is 8.42 Å². The summed E-state index contributed by atoms with van der Waals surface area (Å²) in [5.41, 5.74) is 1.63. The van der Waals surface area contributed by atoms with Crippen LogP contribution >= 0.6 is 11.6 Å². The lowest BCUT2D eigenvalue weighted by atomic mass is 10.1. The summed E-state index contributed by atoms with van der Waals surface area (Å²) in [6.45, 7) is 4.46. The summed E-state index contributed by atoms with van der Waals surface area (Å²) >= 11 is 5.83. The molecule has 1 atom stereocenters. The maximum Gasteiger partial charge on any atom is 0.243 e. The number of hydrogen-bond donors (Lipinski definition) is 0. The van der Waals surface area contributed by atoms with Crippen molar-refractivity contribution in [2.75, 3.05) is 6.54 Å². The van der Waals surface area contributed by atoms with Crippen molar-refractivity contribution in [3.05, 3.63) is 29.3 Å². The van der Waals surface area contributed by atoms with Gasteiger partial charge in [0.05, 0.1) is 4.90 Å². The predicted molar refractivity (Wildman–Crippen MR) is 82.6 cm³/mol. The summed E-state index contributed by atoms with van der Waals surface area (Å²) in [6.07, 6.45) is 4.09. The molecule has 0 spiro atoms. The average molecular weight is 316 g/mol. The average Bonchev–Trinajstić information content (AvgIpc) is 2.64. The fourth-order valence-electron chi connectivity index (χ4n) is 2.74. The van der Waals surface area contributed by atoms with Crippen molar-refractivity contribution in [2.45, 2.75) is 56.3 Å². The molecule has 0 aromatic heterocycles. The lowest BCUT2D eigenvalue weighted by Crippen LogP contribution is -2.38. The van der Waals surface area contributed by atoms with Crippen molar-refractivity contribution in [3.8, 4) is 0 Å². The van der Waals surface area contributed by atoms with Crippen LogP contribution in [0.25, 0.3) is 0 Å². The van der Waals surface area contributed by atoms with Gasteiger partial charge >= 0.3 is 0 Å². The first kappa shape index (κ1) is 15.8. The molecule has 0 bridgehead atoms. The smallest absolute Gasteiger partial charge is 0.207 e. The zero-order valence-corrected chi connectivity index (χ0v) is 13.7. The molecule has 0 amide bonds. The number of benzene rings is 1. The van der Waals surface area contributed by atoms with E-state index in [4.69, 9.17) is 11.6 Å². The summed E-state index contributed by atoms with van der Waals surface area (Å²) in [5, 5.41) is 0. The second kappa shape index (κ2) is 6.46. The van der Waals surface area contributed by atoms with Gasteiger partial charge in [0.2, 0.25) is 10.0 Å². The van der Waals surface area contributed by atoms with E-state index >= 15 is 0 Å². The number of rotatable bonds is 3. The van der Waals surface area contributed by atoms with E-state index in [1.807, 2.05) is 26.0 Å². The second-order valence-electron chi connectivity index (χ2n) is 5.55. The van der Waals surface area contributed by atoms with Gasteiger partial charge in [-0.05, 0) is 43.9 Å². The third-order valence-corrected chi connectivity index (χ3v) is 6.45. The normalized spacial score (nSPS) is 21.6. The van der Waals surface area contributed by atoms with Crippen molar-refractivity contribution in [1.29, 1.82) is 0 Å². The van der Waals surface area contributed by atoms with E-state index in [-0.39, 0.29) is 6.04 Å². The van der Waals surface area contributed by atoms with Crippen LogP contribution in [0, 0.1) is 6.92 Å². The molecular weight excluding hydrogens is 294 g/mol. The van der Waals surface area contributed by atoms with Gasteiger partial charge in [0.1, 0.15) is 0 Å². The van der Waals surface area contributed by atoms with Gasteiger partial charge in [-0.15, -0.1) is 11.6 Å². The molecule has 1 aromatic rings. The van der Waals surface area contributed by atoms with Crippen molar-refractivity contribution < 1.29 is 8.42 Å². The SMILES string of the molecule is Cc1ccc(CCl)cc1S(=O)(=O)N1CCCCCC1C. The summed E-state index contributed by atoms with van der Waals surface area (Å²) in [4.78, 5) is 0.407. The molecule has 20 heavy (non-hydrogen) atoms. The summed E-state index contributed by atoms with van der Waals surface area (Å²) in [5.74, 6) is 0.332. The van der Waals surface area contributed by atoms with E-state index in [1.54, 1.807) is 10.4 Å². The van der Waals surface area contributed by atoms with Crippen LogP contribution in [0.2, 0.25) is 0 Å². The minimum absolute atomic E-state index is 0.0709. The Bertz CT molecular complexity index is 571. The molecule has 112 valence electrons. The Morgan fingerprint density at radius 2 is 2.05 bits per heavy atom. The molecule has 1 heterocycles. The molecule has 1 aromatic carbocycles. The van der Waals surface area contributed by atoms with Gasteiger partial charge in [0, 0.05) is 18.5 Å². The topological polar surface area (TPSA) is 37.4 Å². The van der Waals surface area contributed by atoms with Crippen molar-refractivity contribution in [2.24, 2.45) is 0 Å². The Kier molecular flexibility index (Phi) is 5.10. The molecule has 0 saturated carbocycles. The molecule has 1 aliphatic heterocycles. The van der Waals surface area contributed by atoms with Crippen molar-refractivity contribution >= 4 is 21.6 Å². The third-order valence-electron chi connectivity index (χ3n) is 3.99. The minimum Gasteiger partial charge on any atom is -0.207 e. The van der Waals surface area contributed by atoms with Gasteiger partial charge in [-0.2, -0.15) is 4.31 Å². The first-order valence-electron chi connectivity index (χ1n) is 7.14. The molecule has 1 aliphatic rings. The van der Waals surface area contributed by atoms with Gasteiger partial charge in [-0.3, -0.25) is 0 Å². The van der Waals surface area contributed by atoms with Crippen LogP contribution < -0.4 is 0 Å². The zero-order valence-electron chi connectivity index (χ0n) is 12.1. The Morgan fingerprint density at radius 1 is 1.30 bits per heavy atom. The maximum atomic E-state index is 12.9. The maximum absolute atomic E-state index is 12.9. The molecule has 2 rings (SSSR count). The summed E-state index contributed by atoms with van der Waals surface area (Å²) in [7, 11) is -3.42. The number of nitrogens with zero attached hydrogens (tertiary/aromatic N) is 1. The number of alkyl halides is 1. The van der Waals surface area contributed by atoms with Gasteiger partial charge in [0.25, 0.3) is 0 Å². The second-order valence-corrected chi connectivity index (χ2v) is 7.67. The van der Waals surface area contributed by atoms with Crippen LogP contribution in [0.3, 0.4) is 0 Å². The molecule has 1 fully saturated rings. The highest BCUT2D eigenvalue weighted by atomic mass is 35.5. The Morgan fingerprint density at radius 3 is 2.75 bits per heavy atom. The molecule has 0 N–H and O–H groups in total. The fourth-order valence-corrected chi connectivity index (χ4v) is 4.88. The highest BCUT2D eigenvalue weighted by molar-refractivity contribution is 7.89. The number of sulfonamides is 1. The Balaban J connectivity index is 2.43. The van der Waals surface area contributed by atoms with E-state index in [0.29, 0.717) is 17.3 Å². The van der Waals surface area contributed by atoms with Crippen LogP contribution in [0.4, 0.5) is 0 Å². The van der Waals surface area contributed by atoms with E-state index in [1.165, 1.54) is 0 Å². The van der Waals surface area contributed by atoms with Crippen LogP contribution in [0.5, 0.6) is 0 Å². The molecule has 5 heteroatoms. The van der Waals surface area contributed by atoms with E-state index in [2.05, 4.69) is 0 Å². The van der Waals surface area contributed by atoms with Crippen LogP contribution in [-0.4, -0.2) is 25.3 Å². The lowest BCUT2D eigenvalue weighted by molar-refractivity contribution is 0.342. The number of halogens is 1. The standard InChI is InChI=1S/C15H22ClNO2S/c1-12-7-8-14(11-16)10-15(12)20(18,19)17-9-5-3-4-6-13(17)2/h7-8,10,13H,3-6,9,11H2,1-2H3. The quantitative estimate of drug-likeness (QED) is 0.798. The van der Waals surface area contributed by atoms with Crippen molar-refractivity contribution in [3.63, 3.8) is 0 Å². The van der Waals surface area contributed by atoms with Gasteiger partial charge in [-0.1, -0.05) is 25.0 Å². The van der Waals surface area contributed by atoms with Crippen LogP contribution in [-0.2, 0) is 15.9 Å². The van der Waals surface area contributed by atoms with Crippen LogP contribution in [0.1, 0.15) is 43.7 Å². The van der Waals surface area contributed by atoms with E-state index in [0.717, 1.165) is 36.8 Å². The first-order chi connectivity index (χ1) is 9.46. The van der Waals surface area contributed by atoms with Gasteiger partial charge < -0.3 is 0 Å². The zero-order chi connectivity index (χ0) is 14.8. The molecular formula is C15H22ClNO2S. The Hall–Kier alpha value is -0.580. The highest BCUT2D eigenvalue weighted by Gasteiger charge is 2.31.